The minimum absolute atomic E-state index is 0.0565. The van der Waals surface area contributed by atoms with Crippen LogP contribution in [-0.2, 0) is 11.4 Å². The molecule has 0 radical (unpaired) electrons. The molecule has 1 aliphatic rings. The van der Waals surface area contributed by atoms with Crippen LogP contribution in [0.5, 0.6) is 23.0 Å². The number of fused-ring (bicyclic) bond motifs is 1. The molecule has 0 aromatic heterocycles. The Kier molecular flexibility index (Phi) is 8.22. The summed E-state index contributed by atoms with van der Waals surface area (Å²) < 4.78 is 22.3. The number of rotatable bonds is 9. The summed E-state index contributed by atoms with van der Waals surface area (Å²) in [5.41, 5.74) is 8.56. The number of nitro benzene ring substituents is 1. The summed E-state index contributed by atoms with van der Waals surface area (Å²) in [6.07, 6.45) is 0. The third-order valence-electron chi connectivity index (χ3n) is 6.39. The van der Waals surface area contributed by atoms with Crippen molar-refractivity contribution in [1.29, 1.82) is 5.26 Å². The zero-order chi connectivity index (χ0) is 29.6. The highest BCUT2D eigenvalue weighted by Gasteiger charge is 2.31. The van der Waals surface area contributed by atoms with Gasteiger partial charge >= 0.3 is 5.97 Å². The van der Waals surface area contributed by atoms with E-state index in [9.17, 15) is 20.2 Å². The lowest BCUT2D eigenvalue weighted by Crippen LogP contribution is -2.21. The van der Waals surface area contributed by atoms with Crippen molar-refractivity contribution in [1.82, 2.24) is 0 Å². The number of non-ortho nitro benzene ring substituents is 1. The molecule has 11 heteroatoms. The van der Waals surface area contributed by atoms with Crippen LogP contribution in [0, 0.1) is 21.4 Å². The summed E-state index contributed by atoms with van der Waals surface area (Å²) in [6, 6.07) is 27.0. The number of hydrogen-bond acceptors (Lipinski definition) is 9. The zero-order valence-corrected chi connectivity index (χ0v) is 22.6. The maximum Gasteiger partial charge on any atom is 0.349 e. The van der Waals surface area contributed by atoms with Gasteiger partial charge in [0.25, 0.3) is 5.69 Å². The average Bonchev–Trinajstić information content (AvgIpc) is 2.99. The first-order chi connectivity index (χ1) is 20.3. The van der Waals surface area contributed by atoms with E-state index in [1.54, 1.807) is 30.3 Å². The van der Waals surface area contributed by atoms with Crippen molar-refractivity contribution in [3.05, 3.63) is 134 Å². The molecule has 210 valence electrons. The second-order valence-electron chi connectivity index (χ2n) is 9.09. The summed E-state index contributed by atoms with van der Waals surface area (Å²) in [6.45, 7) is -0.125. The number of ether oxygens (including phenoxy) is 4. The number of nitrogens with two attached hydrogens (primary N) is 1. The molecule has 0 fully saturated rings. The van der Waals surface area contributed by atoms with Crippen LogP contribution >= 0.6 is 11.6 Å². The molecule has 10 nitrogen and oxygen atoms in total. The number of carbonyl (C=O) groups excluding carboxylic acids is 1. The zero-order valence-electron chi connectivity index (χ0n) is 21.9. The standard InChI is InChI=1S/C31H22ClN3O7/c32-27-4-2-1-3-20(27)17-39-22-9-5-19(6-10-22)30-25-14-13-24(15-28(25)42-31(34)26(30)16-33)41-29(36)18-40-23-11-7-21(8-12-23)35(37)38/h1-15,30H,17-18,34H2. The normalized spacial score (nSPS) is 13.8. The van der Waals surface area contributed by atoms with Gasteiger partial charge in [0.05, 0.1) is 10.8 Å². The number of esters is 1. The Bertz CT molecular complexity index is 1710. The van der Waals surface area contributed by atoms with Crippen molar-refractivity contribution in [3.8, 4) is 29.1 Å². The Morgan fingerprint density at radius 2 is 1.64 bits per heavy atom. The molecule has 0 aliphatic carbocycles. The predicted octanol–water partition coefficient (Wildman–Crippen LogP) is 6.03. The minimum atomic E-state index is -0.700. The molecule has 0 amide bonds. The number of benzene rings is 4. The van der Waals surface area contributed by atoms with Crippen LogP contribution < -0.4 is 24.7 Å². The number of hydrogen-bond donors (Lipinski definition) is 1. The lowest BCUT2D eigenvalue weighted by atomic mass is 9.83. The Morgan fingerprint density at radius 1 is 0.976 bits per heavy atom. The maximum atomic E-state index is 12.4. The van der Waals surface area contributed by atoms with Crippen molar-refractivity contribution >= 4 is 23.3 Å². The van der Waals surface area contributed by atoms with Crippen LogP contribution in [0.1, 0.15) is 22.6 Å². The smallest absolute Gasteiger partial charge is 0.349 e. The van der Waals surface area contributed by atoms with Gasteiger partial charge in [-0.15, -0.1) is 0 Å². The molecule has 1 atom stereocenters. The second-order valence-corrected chi connectivity index (χ2v) is 9.49. The Labute approximate surface area is 245 Å². The van der Waals surface area contributed by atoms with E-state index in [1.165, 1.54) is 30.3 Å². The van der Waals surface area contributed by atoms with Gasteiger partial charge in [-0.05, 0) is 42.0 Å². The Hall–Kier alpha value is -5.53. The van der Waals surface area contributed by atoms with E-state index >= 15 is 0 Å². The molecular weight excluding hydrogens is 562 g/mol. The van der Waals surface area contributed by atoms with Crippen molar-refractivity contribution in [2.75, 3.05) is 6.61 Å². The van der Waals surface area contributed by atoms with E-state index in [2.05, 4.69) is 6.07 Å². The topological polar surface area (TPSA) is 147 Å². The van der Waals surface area contributed by atoms with E-state index in [4.69, 9.17) is 36.3 Å². The van der Waals surface area contributed by atoms with Crippen molar-refractivity contribution in [3.63, 3.8) is 0 Å². The fraction of sp³-hybridized carbons (Fsp3) is 0.0968. The molecule has 0 spiro atoms. The summed E-state index contributed by atoms with van der Waals surface area (Å²) in [5, 5.41) is 21.3. The fourth-order valence-corrected chi connectivity index (χ4v) is 4.53. The molecule has 0 saturated carbocycles. The molecule has 42 heavy (non-hydrogen) atoms. The number of nitriles is 1. The predicted molar refractivity (Wildman–Crippen MR) is 152 cm³/mol. The minimum Gasteiger partial charge on any atom is -0.489 e. The molecule has 4 aromatic carbocycles. The molecule has 4 aromatic rings. The molecule has 0 bridgehead atoms. The number of allylic oxidation sites excluding steroid dienone is 1. The fourth-order valence-electron chi connectivity index (χ4n) is 4.34. The number of carbonyl (C=O) groups is 1. The molecule has 1 heterocycles. The van der Waals surface area contributed by atoms with Crippen molar-refractivity contribution < 1.29 is 28.7 Å². The van der Waals surface area contributed by atoms with Crippen LogP contribution in [0.4, 0.5) is 5.69 Å². The van der Waals surface area contributed by atoms with Gasteiger partial charge < -0.3 is 24.7 Å². The third-order valence-corrected chi connectivity index (χ3v) is 6.76. The van der Waals surface area contributed by atoms with Gasteiger partial charge in [0, 0.05) is 34.3 Å². The molecule has 2 N–H and O–H groups in total. The highest BCUT2D eigenvalue weighted by Crippen LogP contribution is 2.43. The van der Waals surface area contributed by atoms with Crippen LogP contribution in [0.15, 0.2) is 102 Å². The summed E-state index contributed by atoms with van der Waals surface area (Å²) >= 11 is 6.21. The maximum absolute atomic E-state index is 12.4. The van der Waals surface area contributed by atoms with Gasteiger partial charge in [-0.1, -0.05) is 48.0 Å². The number of nitro groups is 1. The van der Waals surface area contributed by atoms with Crippen LogP contribution in [0.3, 0.4) is 0 Å². The second kappa shape index (κ2) is 12.3. The van der Waals surface area contributed by atoms with Gasteiger partial charge in [-0.3, -0.25) is 10.1 Å². The quantitative estimate of drug-likeness (QED) is 0.108. The van der Waals surface area contributed by atoms with E-state index in [0.717, 1.165) is 11.1 Å². The van der Waals surface area contributed by atoms with Crippen LogP contribution in [0.2, 0.25) is 5.02 Å². The van der Waals surface area contributed by atoms with E-state index in [0.29, 0.717) is 28.7 Å². The van der Waals surface area contributed by atoms with Gasteiger partial charge in [0.1, 0.15) is 41.2 Å². The molecule has 0 saturated heterocycles. The summed E-state index contributed by atoms with van der Waals surface area (Å²) in [5.74, 6) is 0.134. The lowest BCUT2D eigenvalue weighted by molar-refractivity contribution is -0.384. The van der Waals surface area contributed by atoms with Gasteiger partial charge in [0.15, 0.2) is 6.61 Å². The summed E-state index contributed by atoms with van der Waals surface area (Å²) in [7, 11) is 0. The first-order valence-corrected chi connectivity index (χ1v) is 13.0. The average molecular weight is 584 g/mol. The largest absolute Gasteiger partial charge is 0.489 e. The third kappa shape index (κ3) is 6.27. The van der Waals surface area contributed by atoms with Crippen LogP contribution in [-0.4, -0.2) is 17.5 Å². The van der Waals surface area contributed by atoms with Crippen molar-refractivity contribution in [2.45, 2.75) is 12.5 Å². The van der Waals surface area contributed by atoms with Crippen molar-refractivity contribution in [2.24, 2.45) is 5.73 Å². The molecule has 1 unspecified atom stereocenters. The molecule has 5 rings (SSSR count). The Morgan fingerprint density at radius 3 is 2.33 bits per heavy atom. The SMILES string of the molecule is N#CC1=C(N)Oc2cc(OC(=O)COc3ccc([N+](=O)[O-])cc3)ccc2C1c1ccc(OCc2ccccc2Cl)cc1. The first-order valence-electron chi connectivity index (χ1n) is 12.6. The van der Waals surface area contributed by atoms with Gasteiger partial charge in [0.2, 0.25) is 5.88 Å². The molecule has 1 aliphatic heterocycles. The lowest BCUT2D eigenvalue weighted by Gasteiger charge is -2.26. The van der Waals surface area contributed by atoms with E-state index in [1.807, 2.05) is 30.3 Å². The highest BCUT2D eigenvalue weighted by atomic mass is 35.5. The summed E-state index contributed by atoms with van der Waals surface area (Å²) in [4.78, 5) is 22.6. The van der Waals surface area contributed by atoms with Gasteiger partial charge in [-0.25, -0.2) is 4.79 Å². The van der Waals surface area contributed by atoms with Gasteiger partial charge in [-0.2, -0.15) is 5.26 Å². The highest BCUT2D eigenvalue weighted by molar-refractivity contribution is 6.31. The van der Waals surface area contributed by atoms with E-state index in [-0.39, 0.29) is 28.6 Å². The Balaban J connectivity index is 1.28. The monoisotopic (exact) mass is 583 g/mol. The number of nitrogens with zero attached hydrogens (tertiary/aromatic N) is 2. The first kappa shape index (κ1) is 28.0. The van der Waals surface area contributed by atoms with Crippen LogP contribution in [0.25, 0.3) is 0 Å². The molecular formula is C31H22ClN3O7. The van der Waals surface area contributed by atoms with E-state index < -0.39 is 23.4 Å². The number of halogens is 1.